The monoisotopic (exact) mass is 263 g/mol. The van der Waals surface area contributed by atoms with E-state index in [1.807, 2.05) is 26.0 Å². The lowest BCUT2D eigenvalue weighted by Gasteiger charge is -2.01. The van der Waals surface area contributed by atoms with Crippen molar-refractivity contribution in [3.8, 4) is 0 Å². The van der Waals surface area contributed by atoms with Crippen molar-refractivity contribution in [2.75, 3.05) is 0 Å². The van der Waals surface area contributed by atoms with E-state index in [2.05, 4.69) is 22.3 Å². The van der Waals surface area contributed by atoms with Gasteiger partial charge in [0.2, 0.25) is 5.89 Å². The van der Waals surface area contributed by atoms with Crippen molar-refractivity contribution in [1.82, 2.24) is 10.1 Å². The van der Waals surface area contributed by atoms with Crippen molar-refractivity contribution in [1.29, 1.82) is 0 Å². The third-order valence-corrected chi connectivity index (χ3v) is 3.48. The highest BCUT2D eigenvalue weighted by Crippen LogP contribution is 2.23. The Morgan fingerprint density at radius 3 is 2.89 bits per heavy atom. The number of benzene rings is 1. The van der Waals surface area contributed by atoms with Gasteiger partial charge in [-0.2, -0.15) is 4.98 Å². The van der Waals surface area contributed by atoms with Gasteiger partial charge in [-0.1, -0.05) is 31.1 Å². The summed E-state index contributed by atoms with van der Waals surface area (Å²) in [6.45, 7) is 4.66. The highest BCUT2D eigenvalue weighted by molar-refractivity contribution is 7.98. The molecule has 1 heterocycles. The van der Waals surface area contributed by atoms with Gasteiger partial charge in [-0.25, -0.2) is 0 Å². The second kappa shape index (κ2) is 6.02. The van der Waals surface area contributed by atoms with Crippen LogP contribution in [0.25, 0.3) is 0 Å². The van der Waals surface area contributed by atoms with Crippen LogP contribution in [0.15, 0.2) is 33.7 Å². The minimum atomic E-state index is 0.299. The summed E-state index contributed by atoms with van der Waals surface area (Å²) in [6, 6.07) is 8.18. The third kappa shape index (κ3) is 3.34. The second-order valence-electron chi connectivity index (χ2n) is 4.34. The van der Waals surface area contributed by atoms with Gasteiger partial charge in [0, 0.05) is 17.4 Å². The highest BCUT2D eigenvalue weighted by Gasteiger charge is 2.09. The predicted molar refractivity (Wildman–Crippen MR) is 72.3 cm³/mol. The molecule has 1 aromatic carbocycles. The summed E-state index contributed by atoms with van der Waals surface area (Å²) in [5, 5.41) is 3.94. The van der Waals surface area contributed by atoms with Crippen molar-refractivity contribution in [3.63, 3.8) is 0 Å². The van der Waals surface area contributed by atoms with Gasteiger partial charge >= 0.3 is 0 Å². The summed E-state index contributed by atoms with van der Waals surface area (Å²) >= 11 is 1.68. The van der Waals surface area contributed by atoms with Gasteiger partial charge < -0.3 is 10.3 Å². The maximum Gasteiger partial charge on any atom is 0.237 e. The summed E-state index contributed by atoms with van der Waals surface area (Å²) < 4.78 is 5.20. The Bertz CT molecular complexity index is 510. The molecule has 2 N–H and O–H groups in total. The molecule has 0 saturated heterocycles. The lowest BCUT2D eigenvalue weighted by molar-refractivity contribution is 0.383. The molecule has 5 heteroatoms. The van der Waals surface area contributed by atoms with Gasteiger partial charge in [0.25, 0.3) is 0 Å². The van der Waals surface area contributed by atoms with E-state index in [1.165, 1.54) is 4.90 Å². The number of thioether (sulfide) groups is 1. The molecule has 2 rings (SSSR count). The van der Waals surface area contributed by atoms with Crippen molar-refractivity contribution in [2.45, 2.75) is 37.0 Å². The van der Waals surface area contributed by atoms with Crippen LogP contribution in [0.1, 0.15) is 37.0 Å². The minimum absolute atomic E-state index is 0.299. The van der Waals surface area contributed by atoms with E-state index < -0.39 is 0 Å². The SMILES string of the molecule is CC(C)c1noc(CSc2cccc(CN)c2)n1. The zero-order valence-electron chi connectivity index (χ0n) is 10.6. The molecule has 2 aromatic rings. The van der Waals surface area contributed by atoms with Crippen molar-refractivity contribution < 1.29 is 4.52 Å². The number of aromatic nitrogens is 2. The molecule has 0 amide bonds. The normalized spacial score (nSPS) is 11.1. The molecule has 4 nitrogen and oxygen atoms in total. The molecule has 1 aromatic heterocycles. The van der Waals surface area contributed by atoms with E-state index in [0.29, 0.717) is 24.1 Å². The van der Waals surface area contributed by atoms with Crippen LogP contribution in [0, 0.1) is 0 Å². The number of nitrogens with zero attached hydrogens (tertiary/aromatic N) is 2. The molecule has 0 bridgehead atoms. The van der Waals surface area contributed by atoms with Gasteiger partial charge in [0.15, 0.2) is 5.82 Å². The van der Waals surface area contributed by atoms with E-state index in [-0.39, 0.29) is 0 Å². The standard InChI is InChI=1S/C13H17N3OS/c1-9(2)13-15-12(17-16-13)8-18-11-5-3-4-10(6-11)7-14/h3-6,9H,7-8,14H2,1-2H3. The molecular weight excluding hydrogens is 246 g/mol. The molecule has 0 radical (unpaired) electrons. The first kappa shape index (κ1) is 13.1. The first-order valence-electron chi connectivity index (χ1n) is 5.93. The topological polar surface area (TPSA) is 64.9 Å². The summed E-state index contributed by atoms with van der Waals surface area (Å²) in [4.78, 5) is 5.51. The first-order chi connectivity index (χ1) is 8.69. The van der Waals surface area contributed by atoms with Crippen LogP contribution in [-0.4, -0.2) is 10.1 Å². The molecule has 18 heavy (non-hydrogen) atoms. The average molecular weight is 263 g/mol. The van der Waals surface area contributed by atoms with E-state index in [9.17, 15) is 0 Å². The van der Waals surface area contributed by atoms with Gasteiger partial charge in [0.05, 0.1) is 5.75 Å². The van der Waals surface area contributed by atoms with Crippen LogP contribution >= 0.6 is 11.8 Å². The molecule has 0 atom stereocenters. The van der Waals surface area contributed by atoms with E-state index >= 15 is 0 Å². The largest absolute Gasteiger partial charge is 0.338 e. The fraction of sp³-hybridized carbons (Fsp3) is 0.385. The van der Waals surface area contributed by atoms with Crippen LogP contribution in [-0.2, 0) is 12.3 Å². The maximum atomic E-state index is 5.61. The van der Waals surface area contributed by atoms with E-state index in [0.717, 1.165) is 11.4 Å². The summed E-state index contributed by atoms with van der Waals surface area (Å²) in [5.74, 6) is 2.42. The quantitative estimate of drug-likeness (QED) is 0.840. The molecule has 0 aliphatic carbocycles. The predicted octanol–water partition coefficient (Wildman–Crippen LogP) is 2.94. The van der Waals surface area contributed by atoms with E-state index in [4.69, 9.17) is 10.3 Å². The second-order valence-corrected chi connectivity index (χ2v) is 5.39. The Balaban J connectivity index is 1.97. The lowest BCUT2D eigenvalue weighted by atomic mass is 10.2. The zero-order valence-corrected chi connectivity index (χ0v) is 11.4. The smallest absolute Gasteiger partial charge is 0.237 e. The van der Waals surface area contributed by atoms with Crippen LogP contribution < -0.4 is 5.73 Å². The highest BCUT2D eigenvalue weighted by atomic mass is 32.2. The van der Waals surface area contributed by atoms with Crippen LogP contribution in [0.4, 0.5) is 0 Å². The van der Waals surface area contributed by atoms with Gasteiger partial charge in [-0.05, 0) is 17.7 Å². The first-order valence-corrected chi connectivity index (χ1v) is 6.92. The van der Waals surface area contributed by atoms with E-state index in [1.54, 1.807) is 11.8 Å². The third-order valence-electron chi connectivity index (χ3n) is 2.50. The molecule has 0 spiro atoms. The molecule has 0 fully saturated rings. The molecule has 0 unspecified atom stereocenters. The number of nitrogens with two attached hydrogens (primary N) is 1. The van der Waals surface area contributed by atoms with Crippen LogP contribution in [0.5, 0.6) is 0 Å². The average Bonchev–Trinajstić information content (AvgIpc) is 2.85. The number of hydrogen-bond acceptors (Lipinski definition) is 5. The summed E-state index contributed by atoms with van der Waals surface area (Å²) in [7, 11) is 0. The van der Waals surface area contributed by atoms with Crippen LogP contribution in [0.2, 0.25) is 0 Å². The Morgan fingerprint density at radius 2 is 2.22 bits per heavy atom. The Kier molecular flexibility index (Phi) is 4.38. The molecule has 96 valence electrons. The van der Waals surface area contributed by atoms with Crippen LogP contribution in [0.3, 0.4) is 0 Å². The molecule has 0 aliphatic rings. The minimum Gasteiger partial charge on any atom is -0.338 e. The van der Waals surface area contributed by atoms with Gasteiger partial charge in [-0.3, -0.25) is 0 Å². The summed E-state index contributed by atoms with van der Waals surface area (Å²) in [6.07, 6.45) is 0. The number of hydrogen-bond donors (Lipinski definition) is 1. The van der Waals surface area contributed by atoms with Gasteiger partial charge in [-0.15, -0.1) is 11.8 Å². The Hall–Kier alpha value is -1.33. The fourth-order valence-corrected chi connectivity index (χ4v) is 2.29. The molecule has 0 saturated carbocycles. The van der Waals surface area contributed by atoms with Crippen molar-refractivity contribution in [2.24, 2.45) is 5.73 Å². The summed E-state index contributed by atoms with van der Waals surface area (Å²) in [5.41, 5.74) is 6.75. The molecular formula is C13H17N3OS. The van der Waals surface area contributed by atoms with Gasteiger partial charge in [0.1, 0.15) is 0 Å². The van der Waals surface area contributed by atoms with Crippen molar-refractivity contribution in [3.05, 3.63) is 41.5 Å². The Morgan fingerprint density at radius 1 is 1.39 bits per heavy atom. The number of rotatable bonds is 5. The maximum absolute atomic E-state index is 5.61. The lowest BCUT2D eigenvalue weighted by Crippen LogP contribution is -1.95. The Labute approximate surface area is 111 Å². The zero-order chi connectivity index (χ0) is 13.0. The molecule has 0 aliphatic heterocycles. The van der Waals surface area contributed by atoms with Crippen molar-refractivity contribution >= 4 is 11.8 Å². The fourth-order valence-electron chi connectivity index (χ4n) is 1.47.